The summed E-state index contributed by atoms with van der Waals surface area (Å²) >= 11 is 6.46. The lowest BCUT2D eigenvalue weighted by molar-refractivity contribution is -0.143. The predicted octanol–water partition coefficient (Wildman–Crippen LogP) is 5.51. The number of amides is 2. The molecule has 2 fully saturated rings. The van der Waals surface area contributed by atoms with Gasteiger partial charge >= 0.3 is 6.09 Å². The van der Waals surface area contributed by atoms with E-state index in [1.807, 2.05) is 56.5 Å². The zero-order valence-electron chi connectivity index (χ0n) is 26.0. The number of imidazole rings is 1. The highest BCUT2D eigenvalue weighted by Gasteiger charge is 2.44. The van der Waals surface area contributed by atoms with Crippen LogP contribution in [-0.2, 0) is 28.9 Å². The molecule has 6 rings (SSSR count). The van der Waals surface area contributed by atoms with Gasteiger partial charge in [-0.05, 0) is 94.2 Å². The van der Waals surface area contributed by atoms with Crippen LogP contribution in [0.2, 0.25) is 5.02 Å². The Morgan fingerprint density at radius 3 is 2.66 bits per heavy atom. The number of aromatic nitrogens is 3. The molecule has 10 heteroatoms. The quantitative estimate of drug-likeness (QED) is 0.375. The summed E-state index contributed by atoms with van der Waals surface area (Å²) in [5.74, 6) is 0.00193. The van der Waals surface area contributed by atoms with Crippen molar-refractivity contribution >= 4 is 23.6 Å². The highest BCUT2D eigenvalue weighted by molar-refractivity contribution is 6.30. The van der Waals surface area contributed by atoms with Crippen molar-refractivity contribution in [3.8, 4) is 0 Å². The zero-order valence-corrected chi connectivity index (χ0v) is 26.7. The van der Waals surface area contributed by atoms with Gasteiger partial charge in [0.15, 0.2) is 0 Å². The Bertz CT molecular complexity index is 1470. The fourth-order valence-corrected chi connectivity index (χ4v) is 7.24. The summed E-state index contributed by atoms with van der Waals surface area (Å²) < 4.78 is 7.92. The number of rotatable bonds is 5. The molecule has 3 unspecified atom stereocenters. The SMILES string of the molecule is CC(C)(C)OC(=O)N1CCN(C2c3ccc(Cl)cc3CCc3cccnc32)CC1C(=O)N1CCCCC1CCn1ccnc1. The number of piperazine rings is 1. The fraction of sp³-hybridized carbons (Fsp3) is 0.529. The summed E-state index contributed by atoms with van der Waals surface area (Å²) in [6.07, 6.45) is 12.6. The first-order valence-electron chi connectivity index (χ1n) is 15.9. The molecule has 0 N–H and O–H groups in total. The number of carbonyl (C=O) groups is 2. The van der Waals surface area contributed by atoms with Crippen LogP contribution in [0.5, 0.6) is 0 Å². The lowest BCUT2D eigenvalue weighted by atomic mass is 9.94. The summed E-state index contributed by atoms with van der Waals surface area (Å²) in [5.41, 5.74) is 3.93. The number of benzene rings is 1. The summed E-state index contributed by atoms with van der Waals surface area (Å²) in [4.78, 5) is 43.4. The average molecular weight is 619 g/mol. The van der Waals surface area contributed by atoms with Crippen LogP contribution in [0.4, 0.5) is 4.79 Å². The zero-order chi connectivity index (χ0) is 30.8. The van der Waals surface area contributed by atoms with Crippen molar-refractivity contribution in [3.63, 3.8) is 0 Å². The number of pyridine rings is 1. The fourth-order valence-electron chi connectivity index (χ4n) is 7.04. The Hall–Kier alpha value is -3.43. The Morgan fingerprint density at radius 2 is 1.86 bits per heavy atom. The van der Waals surface area contributed by atoms with E-state index in [2.05, 4.69) is 32.7 Å². The summed E-state index contributed by atoms with van der Waals surface area (Å²) in [6.45, 7) is 8.47. The van der Waals surface area contributed by atoms with Crippen LogP contribution in [0.25, 0.3) is 0 Å². The van der Waals surface area contributed by atoms with Crippen LogP contribution in [0.3, 0.4) is 0 Å². The number of nitrogens with zero attached hydrogens (tertiary/aromatic N) is 6. The van der Waals surface area contributed by atoms with Crippen molar-refractivity contribution in [2.45, 2.75) is 89.6 Å². The second-order valence-electron chi connectivity index (χ2n) is 13.2. The molecule has 44 heavy (non-hydrogen) atoms. The van der Waals surface area contributed by atoms with Gasteiger partial charge in [-0.15, -0.1) is 0 Å². The molecule has 0 bridgehead atoms. The maximum Gasteiger partial charge on any atom is 0.411 e. The van der Waals surface area contributed by atoms with E-state index in [9.17, 15) is 9.59 Å². The van der Waals surface area contributed by atoms with Gasteiger partial charge in [-0.1, -0.05) is 23.7 Å². The maximum atomic E-state index is 14.6. The standard InChI is InChI=1S/C34H43ClN6O3/c1-34(2,3)44-33(43)41-20-19-39(31-28-12-11-26(35)21-25(28)10-9-24-7-6-14-37-30(24)31)22-29(41)32(42)40-16-5-4-8-27(40)13-17-38-18-15-36-23-38/h6-7,11-12,14-15,18,21,23,27,29,31H,4-5,8-10,13,16-17,19-20,22H2,1-3H3. The third-order valence-corrected chi connectivity index (χ3v) is 9.36. The van der Waals surface area contributed by atoms with E-state index in [1.54, 1.807) is 11.1 Å². The van der Waals surface area contributed by atoms with Crippen LogP contribution in [-0.4, -0.2) is 85.1 Å². The monoisotopic (exact) mass is 618 g/mol. The molecule has 2 aromatic heterocycles. The highest BCUT2D eigenvalue weighted by Crippen LogP contribution is 2.38. The van der Waals surface area contributed by atoms with E-state index >= 15 is 0 Å². The molecule has 3 aliphatic rings. The van der Waals surface area contributed by atoms with E-state index in [1.165, 1.54) is 16.7 Å². The van der Waals surface area contributed by atoms with Gasteiger partial charge in [-0.3, -0.25) is 19.6 Å². The molecular weight excluding hydrogens is 576 g/mol. The number of aryl methyl sites for hydroxylation is 3. The number of hydrogen-bond donors (Lipinski definition) is 0. The van der Waals surface area contributed by atoms with Gasteiger partial charge in [0.2, 0.25) is 5.91 Å². The molecule has 4 heterocycles. The van der Waals surface area contributed by atoms with Gasteiger partial charge in [0.25, 0.3) is 0 Å². The van der Waals surface area contributed by atoms with Crippen LogP contribution in [0.15, 0.2) is 55.2 Å². The van der Waals surface area contributed by atoms with E-state index in [0.29, 0.717) is 26.2 Å². The molecule has 9 nitrogen and oxygen atoms in total. The molecule has 1 aliphatic carbocycles. The van der Waals surface area contributed by atoms with Gasteiger partial charge in [0.05, 0.1) is 18.1 Å². The number of hydrogen-bond acceptors (Lipinski definition) is 6. The molecule has 0 spiro atoms. The van der Waals surface area contributed by atoms with Crippen molar-refractivity contribution < 1.29 is 14.3 Å². The number of carbonyl (C=O) groups excluding carboxylic acids is 2. The van der Waals surface area contributed by atoms with E-state index < -0.39 is 17.7 Å². The van der Waals surface area contributed by atoms with Crippen LogP contribution in [0, 0.1) is 0 Å². The molecule has 2 saturated heterocycles. The smallest absolute Gasteiger partial charge is 0.411 e. The number of likely N-dealkylation sites (tertiary alicyclic amines) is 1. The minimum Gasteiger partial charge on any atom is -0.444 e. The minimum absolute atomic E-state index is 0.00193. The van der Waals surface area contributed by atoms with Gasteiger partial charge in [0.1, 0.15) is 11.6 Å². The lowest BCUT2D eigenvalue weighted by Crippen LogP contribution is -2.63. The summed E-state index contributed by atoms with van der Waals surface area (Å²) in [6, 6.07) is 9.56. The van der Waals surface area contributed by atoms with Crippen molar-refractivity contribution in [1.82, 2.24) is 29.2 Å². The first-order valence-corrected chi connectivity index (χ1v) is 16.3. The van der Waals surface area contributed by atoms with Crippen molar-refractivity contribution in [3.05, 3.63) is 82.7 Å². The van der Waals surface area contributed by atoms with Gasteiger partial charge < -0.3 is 14.2 Å². The average Bonchev–Trinajstić information content (AvgIpc) is 3.47. The molecule has 0 saturated carbocycles. The molecular formula is C34H43ClN6O3. The lowest BCUT2D eigenvalue weighted by Gasteiger charge is -2.46. The summed E-state index contributed by atoms with van der Waals surface area (Å²) in [7, 11) is 0. The predicted molar refractivity (Wildman–Crippen MR) is 169 cm³/mol. The van der Waals surface area contributed by atoms with Gasteiger partial charge in [0, 0.05) is 62.4 Å². The van der Waals surface area contributed by atoms with E-state index in [4.69, 9.17) is 21.3 Å². The maximum absolute atomic E-state index is 14.6. The largest absolute Gasteiger partial charge is 0.444 e. The van der Waals surface area contributed by atoms with Crippen LogP contribution < -0.4 is 0 Å². The molecule has 234 valence electrons. The second-order valence-corrected chi connectivity index (χ2v) is 13.7. The molecule has 2 aliphatic heterocycles. The van der Waals surface area contributed by atoms with Gasteiger partial charge in [-0.2, -0.15) is 0 Å². The van der Waals surface area contributed by atoms with E-state index in [-0.39, 0.29) is 18.0 Å². The Kier molecular flexibility index (Phi) is 8.96. The summed E-state index contributed by atoms with van der Waals surface area (Å²) in [5, 5.41) is 0.719. The van der Waals surface area contributed by atoms with Crippen LogP contribution >= 0.6 is 11.6 Å². The van der Waals surface area contributed by atoms with Crippen molar-refractivity contribution in [2.75, 3.05) is 26.2 Å². The first-order chi connectivity index (χ1) is 21.2. The van der Waals surface area contributed by atoms with Crippen molar-refractivity contribution in [2.24, 2.45) is 0 Å². The number of fused-ring (bicyclic) bond motifs is 2. The Morgan fingerprint density at radius 1 is 1.02 bits per heavy atom. The third kappa shape index (κ3) is 6.64. The van der Waals surface area contributed by atoms with Crippen molar-refractivity contribution in [1.29, 1.82) is 0 Å². The molecule has 1 aromatic carbocycles. The Balaban J connectivity index is 1.33. The highest BCUT2D eigenvalue weighted by atomic mass is 35.5. The number of piperidine rings is 1. The van der Waals surface area contributed by atoms with E-state index in [0.717, 1.165) is 55.8 Å². The number of ether oxygens (including phenoxy) is 1. The number of halogens is 1. The topological polar surface area (TPSA) is 83.8 Å². The molecule has 0 radical (unpaired) electrons. The molecule has 2 amide bonds. The molecule has 3 atom stereocenters. The third-order valence-electron chi connectivity index (χ3n) is 9.13. The Labute approximate surface area is 265 Å². The normalized spacial score (nSPS) is 22.6. The first kappa shape index (κ1) is 30.6. The van der Waals surface area contributed by atoms with Gasteiger partial charge in [-0.25, -0.2) is 9.78 Å². The van der Waals surface area contributed by atoms with Crippen LogP contribution in [0.1, 0.15) is 74.9 Å². The second kappa shape index (κ2) is 12.9. The minimum atomic E-state index is -0.668. The molecule has 3 aromatic rings.